The smallest absolute Gasteiger partial charge is 0.416 e. The minimum Gasteiger partial charge on any atom is -0.493 e. The number of rotatable bonds is 6. The van der Waals surface area contributed by atoms with E-state index in [1.54, 1.807) is 4.90 Å². The fourth-order valence-corrected chi connectivity index (χ4v) is 4.69. The summed E-state index contributed by atoms with van der Waals surface area (Å²) in [7, 11) is 0. The van der Waals surface area contributed by atoms with E-state index < -0.39 is 35.3 Å². The molecule has 1 fully saturated rings. The predicted octanol–water partition coefficient (Wildman–Crippen LogP) is 6.80. The zero-order chi connectivity index (χ0) is 26.0. The normalized spacial score (nSPS) is 16.6. The Kier molecular flexibility index (Phi) is 8.08. The first-order valence-corrected chi connectivity index (χ1v) is 11.7. The van der Waals surface area contributed by atoms with E-state index in [0.717, 1.165) is 16.7 Å². The molecule has 0 aromatic heterocycles. The van der Waals surface area contributed by atoms with Gasteiger partial charge >= 0.3 is 12.4 Å². The van der Waals surface area contributed by atoms with Crippen LogP contribution in [0.1, 0.15) is 47.2 Å². The Bertz CT molecular complexity index is 1080. The van der Waals surface area contributed by atoms with Crippen molar-refractivity contribution in [2.24, 2.45) is 4.99 Å². The van der Waals surface area contributed by atoms with E-state index in [-0.39, 0.29) is 25.0 Å². The number of amides is 1. The van der Waals surface area contributed by atoms with Gasteiger partial charge in [0.1, 0.15) is 5.75 Å². The van der Waals surface area contributed by atoms with Gasteiger partial charge in [-0.25, -0.2) is 0 Å². The molecule has 0 N–H and O–H groups in total. The molecule has 0 aliphatic carbocycles. The van der Waals surface area contributed by atoms with Crippen molar-refractivity contribution in [3.8, 4) is 5.75 Å². The number of amidine groups is 1. The quantitative estimate of drug-likeness (QED) is 0.395. The van der Waals surface area contributed by atoms with Crippen molar-refractivity contribution >= 4 is 22.8 Å². The number of hydrogen-bond acceptors (Lipinski definition) is 4. The molecule has 1 heterocycles. The maximum atomic E-state index is 13.1. The molecule has 0 bridgehead atoms. The molecule has 35 heavy (non-hydrogen) atoms. The first-order valence-electron chi connectivity index (χ1n) is 10.7. The van der Waals surface area contributed by atoms with Crippen LogP contribution < -0.4 is 4.74 Å². The fourth-order valence-electron chi connectivity index (χ4n) is 3.66. The largest absolute Gasteiger partial charge is 0.493 e. The zero-order valence-corrected chi connectivity index (χ0v) is 20.1. The van der Waals surface area contributed by atoms with Crippen LogP contribution in [0.15, 0.2) is 41.4 Å². The van der Waals surface area contributed by atoms with Gasteiger partial charge in [0, 0.05) is 25.6 Å². The SMILES string of the molecule is CC(=O)N1CCSC1=NC(CCOc1cc(C(F)(F)F)cc(C(F)(F)F)c1)c1cccc(C)c1C. The van der Waals surface area contributed by atoms with Crippen LogP contribution >= 0.6 is 11.8 Å². The first kappa shape index (κ1) is 26.9. The van der Waals surface area contributed by atoms with E-state index in [4.69, 9.17) is 9.73 Å². The predicted molar refractivity (Wildman–Crippen MR) is 122 cm³/mol. The third-order valence-electron chi connectivity index (χ3n) is 5.65. The highest BCUT2D eigenvalue weighted by Crippen LogP contribution is 2.38. The van der Waals surface area contributed by atoms with E-state index in [1.807, 2.05) is 32.0 Å². The molecule has 1 saturated heterocycles. The molecule has 0 radical (unpaired) electrons. The minimum absolute atomic E-state index is 0.0609. The highest BCUT2D eigenvalue weighted by molar-refractivity contribution is 8.14. The van der Waals surface area contributed by atoms with Gasteiger partial charge in [-0.2, -0.15) is 26.3 Å². The van der Waals surface area contributed by atoms with Crippen LogP contribution in [0.4, 0.5) is 26.3 Å². The van der Waals surface area contributed by atoms with Gasteiger partial charge in [-0.15, -0.1) is 0 Å². The molecule has 3 rings (SSSR count). The van der Waals surface area contributed by atoms with Crippen molar-refractivity contribution in [1.29, 1.82) is 0 Å². The average Bonchev–Trinajstić information content (AvgIpc) is 3.22. The van der Waals surface area contributed by atoms with Gasteiger partial charge in [0.2, 0.25) is 5.91 Å². The summed E-state index contributed by atoms with van der Waals surface area (Å²) in [6.45, 7) is 5.60. The third kappa shape index (κ3) is 6.71. The summed E-state index contributed by atoms with van der Waals surface area (Å²) in [4.78, 5) is 18.2. The number of carbonyl (C=O) groups is 1. The maximum Gasteiger partial charge on any atom is 0.416 e. The number of nitrogens with zero attached hydrogens (tertiary/aromatic N) is 2. The van der Waals surface area contributed by atoms with Gasteiger partial charge in [-0.05, 0) is 48.7 Å². The summed E-state index contributed by atoms with van der Waals surface area (Å²) in [6.07, 6.45) is -9.73. The van der Waals surface area contributed by atoms with Crippen LogP contribution in [0, 0.1) is 13.8 Å². The lowest BCUT2D eigenvalue weighted by Gasteiger charge is -2.21. The molecule has 0 saturated carbocycles. The molecule has 1 aliphatic rings. The summed E-state index contributed by atoms with van der Waals surface area (Å²) >= 11 is 1.42. The van der Waals surface area contributed by atoms with Gasteiger partial charge < -0.3 is 4.74 Å². The van der Waals surface area contributed by atoms with Crippen molar-refractivity contribution in [2.45, 2.75) is 45.6 Å². The monoisotopic (exact) mass is 518 g/mol. The Morgan fingerprint density at radius 2 is 1.71 bits per heavy atom. The molecular weight excluding hydrogens is 494 g/mol. The molecule has 4 nitrogen and oxygen atoms in total. The summed E-state index contributed by atoms with van der Waals surface area (Å²) in [5, 5.41) is 0.529. The molecular formula is C24H24F6N2O2S. The van der Waals surface area contributed by atoms with Gasteiger partial charge in [0.05, 0.1) is 23.8 Å². The first-order chi connectivity index (χ1) is 16.3. The second-order valence-corrected chi connectivity index (χ2v) is 9.18. The van der Waals surface area contributed by atoms with E-state index in [2.05, 4.69) is 0 Å². The Labute approximate surface area is 203 Å². The molecule has 2 aromatic carbocycles. The Balaban J connectivity index is 1.88. The third-order valence-corrected chi connectivity index (χ3v) is 6.62. The van der Waals surface area contributed by atoms with Crippen LogP contribution in [0.3, 0.4) is 0 Å². The summed E-state index contributed by atoms with van der Waals surface area (Å²) < 4.78 is 84.2. The topological polar surface area (TPSA) is 41.9 Å². The number of ether oxygens (including phenoxy) is 1. The number of aryl methyl sites for hydroxylation is 1. The number of aliphatic imine (C=N–C) groups is 1. The lowest BCUT2D eigenvalue weighted by Crippen LogP contribution is -2.29. The van der Waals surface area contributed by atoms with E-state index in [1.165, 1.54) is 18.7 Å². The maximum absolute atomic E-state index is 13.1. The summed E-state index contributed by atoms with van der Waals surface area (Å²) in [5.74, 6) is -0.00714. The lowest BCUT2D eigenvalue weighted by molar-refractivity contribution is -0.143. The van der Waals surface area contributed by atoms with E-state index in [0.29, 0.717) is 29.6 Å². The average molecular weight is 519 g/mol. The Morgan fingerprint density at radius 3 is 2.29 bits per heavy atom. The standard InChI is InChI=1S/C24H24F6N2O2S/c1-14-5-4-6-20(15(14)2)21(31-22-32(16(3)33)8-10-35-22)7-9-34-19-12-17(23(25,26)27)11-18(13-19)24(28,29)30/h4-6,11-13,21H,7-10H2,1-3H3. The number of carbonyl (C=O) groups excluding carboxylic acids is 1. The van der Waals surface area contributed by atoms with Crippen molar-refractivity contribution in [1.82, 2.24) is 4.90 Å². The van der Waals surface area contributed by atoms with Crippen molar-refractivity contribution < 1.29 is 35.9 Å². The van der Waals surface area contributed by atoms with Crippen LogP contribution in [0.25, 0.3) is 0 Å². The molecule has 1 amide bonds. The second-order valence-electron chi connectivity index (χ2n) is 8.11. The molecule has 0 spiro atoms. The van der Waals surface area contributed by atoms with Gasteiger partial charge in [0.25, 0.3) is 0 Å². The minimum atomic E-state index is -4.96. The molecule has 2 aromatic rings. The zero-order valence-electron chi connectivity index (χ0n) is 19.3. The molecule has 1 aliphatic heterocycles. The number of thioether (sulfide) groups is 1. The van der Waals surface area contributed by atoms with Gasteiger partial charge in [-0.3, -0.25) is 14.7 Å². The fraction of sp³-hybridized carbons (Fsp3) is 0.417. The van der Waals surface area contributed by atoms with Crippen LogP contribution in [-0.4, -0.2) is 34.9 Å². The van der Waals surface area contributed by atoms with Crippen LogP contribution in [0.5, 0.6) is 5.75 Å². The highest BCUT2D eigenvalue weighted by Gasteiger charge is 2.37. The molecule has 1 unspecified atom stereocenters. The van der Waals surface area contributed by atoms with Crippen LogP contribution in [-0.2, 0) is 17.1 Å². The number of hydrogen-bond donors (Lipinski definition) is 0. The highest BCUT2D eigenvalue weighted by atomic mass is 32.2. The number of alkyl halides is 6. The van der Waals surface area contributed by atoms with Gasteiger partial charge in [0.15, 0.2) is 5.17 Å². The van der Waals surface area contributed by atoms with E-state index in [9.17, 15) is 31.1 Å². The second kappa shape index (κ2) is 10.5. The van der Waals surface area contributed by atoms with Gasteiger partial charge in [-0.1, -0.05) is 30.0 Å². The van der Waals surface area contributed by atoms with Crippen LogP contribution in [0.2, 0.25) is 0 Å². The van der Waals surface area contributed by atoms with Crippen molar-refractivity contribution in [3.05, 3.63) is 64.2 Å². The summed E-state index contributed by atoms with van der Waals surface area (Å²) in [5.41, 5.74) is -0.0696. The van der Waals surface area contributed by atoms with E-state index >= 15 is 0 Å². The van der Waals surface area contributed by atoms with Crippen molar-refractivity contribution in [2.75, 3.05) is 18.9 Å². The molecule has 11 heteroatoms. The lowest BCUT2D eigenvalue weighted by atomic mass is 9.96. The molecule has 190 valence electrons. The number of benzene rings is 2. The molecule has 1 atom stereocenters. The number of halogens is 6. The Morgan fingerprint density at radius 1 is 1.09 bits per heavy atom. The van der Waals surface area contributed by atoms with Crippen molar-refractivity contribution in [3.63, 3.8) is 0 Å². The Hall–Kier alpha value is -2.69. The summed E-state index contributed by atoms with van der Waals surface area (Å²) in [6, 6.07) is 6.29.